The SMILES string of the molecule is CC(C)(ON=C(C(=O)N[C@@H]1C(=O)N(S(=O)(=O)O)[C@@H]1COC(N)=O)c1csc(N)n1)C(=O)OCc1ccc([N+](=O)[O-])cc1. The van der Waals surface area contributed by atoms with Gasteiger partial charge in [0, 0.05) is 17.5 Å². The number of esters is 1. The molecule has 42 heavy (non-hydrogen) atoms. The quantitative estimate of drug-likeness (QED) is 0.0573. The van der Waals surface area contributed by atoms with Gasteiger partial charge >= 0.3 is 22.4 Å². The summed E-state index contributed by atoms with van der Waals surface area (Å²) in [5.74, 6) is -3.35. The number of nitrogens with one attached hydrogen (secondary N) is 1. The summed E-state index contributed by atoms with van der Waals surface area (Å²) in [6.07, 6.45) is -1.31. The van der Waals surface area contributed by atoms with E-state index in [1.165, 1.54) is 43.5 Å². The topological polar surface area (TPSA) is 286 Å². The Labute approximate surface area is 240 Å². The summed E-state index contributed by atoms with van der Waals surface area (Å²) < 4.78 is 42.2. The van der Waals surface area contributed by atoms with Crippen LogP contribution >= 0.6 is 11.3 Å². The number of primary amides is 1. The van der Waals surface area contributed by atoms with Crippen LogP contribution in [0.4, 0.5) is 15.6 Å². The number of oxime groups is 1. The molecule has 3 rings (SSSR count). The molecule has 2 aromatic rings. The number of non-ortho nitro benzene ring substituents is 1. The number of ether oxygens (including phenoxy) is 2. The van der Waals surface area contributed by atoms with Gasteiger partial charge in [0.1, 0.15) is 31.0 Å². The van der Waals surface area contributed by atoms with Crippen LogP contribution in [0.25, 0.3) is 0 Å². The van der Waals surface area contributed by atoms with Crippen molar-refractivity contribution in [1.82, 2.24) is 14.6 Å². The lowest BCUT2D eigenvalue weighted by Gasteiger charge is -2.43. The lowest BCUT2D eigenvalue weighted by molar-refractivity contribution is -0.384. The summed E-state index contributed by atoms with van der Waals surface area (Å²) in [5, 5.41) is 18.0. The van der Waals surface area contributed by atoms with Gasteiger partial charge in [-0.1, -0.05) is 5.16 Å². The van der Waals surface area contributed by atoms with Crippen LogP contribution in [0.15, 0.2) is 34.8 Å². The lowest BCUT2D eigenvalue weighted by Crippen LogP contribution is -2.73. The molecule has 2 atom stereocenters. The Morgan fingerprint density at radius 3 is 2.43 bits per heavy atom. The first-order chi connectivity index (χ1) is 19.5. The summed E-state index contributed by atoms with van der Waals surface area (Å²) in [6.45, 7) is 1.45. The minimum Gasteiger partial charge on any atom is -0.458 e. The maximum Gasteiger partial charge on any atom is 0.404 e. The van der Waals surface area contributed by atoms with E-state index < -0.39 is 69.1 Å². The average molecular weight is 630 g/mol. The number of anilines is 1. The van der Waals surface area contributed by atoms with E-state index in [2.05, 4.69) is 20.2 Å². The van der Waals surface area contributed by atoms with Crippen LogP contribution in [0, 0.1) is 10.1 Å². The van der Waals surface area contributed by atoms with E-state index in [0.29, 0.717) is 5.56 Å². The first-order valence-corrected chi connectivity index (χ1v) is 13.7. The number of carbonyl (C=O) groups is 4. The molecule has 1 fully saturated rings. The van der Waals surface area contributed by atoms with E-state index in [4.69, 9.17) is 21.0 Å². The Hall–Kier alpha value is -4.89. The van der Waals surface area contributed by atoms with Crippen molar-refractivity contribution >= 4 is 62.0 Å². The van der Waals surface area contributed by atoms with Crippen LogP contribution in [0.5, 0.6) is 0 Å². The van der Waals surface area contributed by atoms with Crippen molar-refractivity contribution in [2.75, 3.05) is 12.3 Å². The van der Waals surface area contributed by atoms with Gasteiger partial charge in [-0.3, -0.25) is 24.3 Å². The number of nitrogens with zero attached hydrogens (tertiary/aromatic N) is 4. The summed E-state index contributed by atoms with van der Waals surface area (Å²) in [7, 11) is -5.08. The fraction of sp³-hybridized carbons (Fsp3) is 0.333. The molecule has 0 bridgehead atoms. The molecule has 1 aliphatic rings. The van der Waals surface area contributed by atoms with Gasteiger partial charge in [-0.2, -0.15) is 8.42 Å². The molecule has 0 radical (unpaired) electrons. The predicted molar refractivity (Wildman–Crippen MR) is 141 cm³/mol. The zero-order valence-electron chi connectivity index (χ0n) is 21.7. The number of benzene rings is 1. The molecule has 0 saturated carbocycles. The lowest BCUT2D eigenvalue weighted by atomic mass is 9.99. The molecule has 1 aliphatic heterocycles. The van der Waals surface area contributed by atoms with Crippen LogP contribution in [0.2, 0.25) is 0 Å². The van der Waals surface area contributed by atoms with Crippen LogP contribution in [0.3, 0.4) is 0 Å². The number of rotatable bonds is 12. The summed E-state index contributed by atoms with van der Waals surface area (Å²) in [4.78, 5) is 68.6. The second-order valence-electron chi connectivity index (χ2n) is 8.87. The number of nitro groups is 1. The monoisotopic (exact) mass is 629 g/mol. The normalized spacial score (nSPS) is 17.2. The second kappa shape index (κ2) is 12.3. The predicted octanol–water partition coefficient (Wildman–Crippen LogP) is -0.530. The van der Waals surface area contributed by atoms with Crippen LogP contribution < -0.4 is 16.8 Å². The largest absolute Gasteiger partial charge is 0.458 e. The number of carbonyl (C=O) groups excluding carboxylic acids is 4. The highest BCUT2D eigenvalue weighted by atomic mass is 32.2. The Morgan fingerprint density at radius 1 is 1.26 bits per heavy atom. The maximum atomic E-state index is 13.1. The minimum absolute atomic E-state index is 0.0114. The molecule has 0 aliphatic carbocycles. The number of amides is 3. The molecule has 0 unspecified atom stereocenters. The van der Waals surface area contributed by atoms with Gasteiger partial charge in [-0.05, 0) is 31.5 Å². The number of hydrogen-bond acceptors (Lipinski definition) is 15. The minimum atomic E-state index is -5.08. The molecule has 2 heterocycles. The molecule has 0 spiro atoms. The molecule has 6 N–H and O–H groups in total. The standard InChI is InChI=1S/C21H23N7O12S2/c1-21(2,18(31)38-7-10-3-5-11(6-4-10)28(33)34)40-26-14(12-9-41-19(22)24-12)16(29)25-15-13(8-39-20(23)32)27(17(15)30)42(35,36)37/h3-6,9,13,15H,7-8H2,1-2H3,(H2,22,24)(H2,23,32)(H,25,29)(H,35,36,37)/t13-,15+/m1/s1. The van der Waals surface area contributed by atoms with Crippen molar-refractivity contribution in [2.24, 2.45) is 10.9 Å². The molecule has 3 amide bonds. The number of β-lactam (4-membered cyclic amide) rings is 1. The van der Waals surface area contributed by atoms with Gasteiger partial charge in [0.25, 0.3) is 17.5 Å². The Kier molecular flexibility index (Phi) is 9.28. The van der Waals surface area contributed by atoms with Gasteiger partial charge < -0.3 is 31.1 Å². The van der Waals surface area contributed by atoms with Gasteiger partial charge in [0.2, 0.25) is 5.60 Å². The number of aromatic nitrogens is 1. The molecule has 19 nitrogen and oxygen atoms in total. The molecular weight excluding hydrogens is 606 g/mol. The van der Waals surface area contributed by atoms with Gasteiger partial charge in [0.05, 0.1) is 4.92 Å². The summed E-state index contributed by atoms with van der Waals surface area (Å²) in [6, 6.07) is 2.05. The van der Waals surface area contributed by atoms with E-state index >= 15 is 0 Å². The van der Waals surface area contributed by atoms with Crippen molar-refractivity contribution in [2.45, 2.75) is 38.1 Å². The third-order valence-corrected chi connectivity index (χ3v) is 7.08. The number of thiazole rings is 1. The van der Waals surface area contributed by atoms with Crippen molar-refractivity contribution in [3.63, 3.8) is 0 Å². The summed E-state index contributed by atoms with van der Waals surface area (Å²) >= 11 is 0.911. The highest BCUT2D eigenvalue weighted by molar-refractivity contribution is 7.84. The Balaban J connectivity index is 1.77. The number of nitrogens with two attached hydrogens (primary N) is 2. The summed E-state index contributed by atoms with van der Waals surface area (Å²) in [5.41, 5.74) is 8.25. The third kappa shape index (κ3) is 7.44. The van der Waals surface area contributed by atoms with Gasteiger partial charge in [-0.25, -0.2) is 18.9 Å². The zero-order chi connectivity index (χ0) is 31.4. The smallest absolute Gasteiger partial charge is 0.404 e. The van der Waals surface area contributed by atoms with E-state index in [9.17, 15) is 42.3 Å². The first kappa shape index (κ1) is 31.6. The van der Waals surface area contributed by atoms with Crippen LogP contribution in [0.1, 0.15) is 25.1 Å². The van der Waals surface area contributed by atoms with Crippen LogP contribution in [-0.4, -0.2) is 81.1 Å². The molecular formula is C21H23N7O12S2. The highest BCUT2D eigenvalue weighted by Gasteiger charge is 2.55. The molecule has 1 aromatic carbocycles. The maximum absolute atomic E-state index is 13.1. The van der Waals surface area contributed by atoms with Crippen LogP contribution in [-0.2, 0) is 45.6 Å². The molecule has 226 valence electrons. The number of nitro benzene ring substituents is 1. The fourth-order valence-corrected chi connectivity index (χ4v) is 4.75. The van der Waals surface area contributed by atoms with E-state index in [1.54, 1.807) is 0 Å². The van der Waals surface area contributed by atoms with E-state index in [1.807, 2.05) is 0 Å². The van der Waals surface area contributed by atoms with Crippen molar-refractivity contribution in [3.8, 4) is 0 Å². The van der Waals surface area contributed by atoms with Gasteiger partial charge in [-0.15, -0.1) is 11.3 Å². The average Bonchev–Trinajstić information content (AvgIpc) is 3.32. The number of nitrogen functional groups attached to an aromatic ring is 1. The third-order valence-electron chi connectivity index (χ3n) is 5.45. The Bertz CT molecular complexity index is 1540. The number of hydrogen-bond donors (Lipinski definition) is 4. The van der Waals surface area contributed by atoms with E-state index in [0.717, 1.165) is 11.3 Å². The van der Waals surface area contributed by atoms with E-state index in [-0.39, 0.29) is 27.4 Å². The highest BCUT2D eigenvalue weighted by Crippen LogP contribution is 2.25. The first-order valence-electron chi connectivity index (χ1n) is 11.4. The second-order valence-corrected chi connectivity index (χ2v) is 11.1. The van der Waals surface area contributed by atoms with Crippen molar-refractivity contribution in [3.05, 3.63) is 51.0 Å². The Morgan fingerprint density at radius 2 is 1.90 bits per heavy atom. The van der Waals surface area contributed by atoms with Crippen molar-refractivity contribution < 1.29 is 51.4 Å². The molecule has 21 heteroatoms. The molecule has 1 aromatic heterocycles. The molecule has 1 saturated heterocycles. The van der Waals surface area contributed by atoms with Crippen molar-refractivity contribution in [1.29, 1.82) is 0 Å². The zero-order valence-corrected chi connectivity index (χ0v) is 23.3. The fourth-order valence-electron chi connectivity index (χ4n) is 3.34. The van der Waals surface area contributed by atoms with Gasteiger partial charge in [0.15, 0.2) is 10.8 Å².